The zero-order valence-electron chi connectivity index (χ0n) is 20.4. The molecule has 1 fully saturated rings. The van der Waals surface area contributed by atoms with Gasteiger partial charge >= 0.3 is 0 Å². The first-order valence-corrected chi connectivity index (χ1v) is 12.8. The lowest BCUT2D eigenvalue weighted by Crippen LogP contribution is -2.41. The first-order valence-electron chi connectivity index (χ1n) is 12.4. The number of aromatic nitrogens is 2. The number of benzene rings is 2. The Hall–Kier alpha value is -3.81. The maximum Gasteiger partial charge on any atom is 0.271 e. The smallest absolute Gasteiger partial charge is 0.271 e. The summed E-state index contributed by atoms with van der Waals surface area (Å²) in [5.74, 6) is 1.69. The van der Waals surface area contributed by atoms with Gasteiger partial charge in [0.1, 0.15) is 23.3 Å². The molecule has 2 atom stereocenters. The van der Waals surface area contributed by atoms with E-state index < -0.39 is 0 Å². The van der Waals surface area contributed by atoms with Gasteiger partial charge in [0, 0.05) is 53.7 Å². The molecule has 6 rings (SSSR count). The van der Waals surface area contributed by atoms with Crippen LogP contribution in [-0.2, 0) is 11.2 Å². The Morgan fingerprint density at radius 3 is 2.92 bits per heavy atom. The van der Waals surface area contributed by atoms with Crippen LogP contribution >= 0.6 is 11.6 Å². The molecule has 2 aliphatic heterocycles. The highest BCUT2D eigenvalue weighted by Crippen LogP contribution is 2.43. The van der Waals surface area contributed by atoms with Gasteiger partial charge in [0.2, 0.25) is 0 Å². The van der Waals surface area contributed by atoms with Crippen molar-refractivity contribution in [1.29, 1.82) is 0 Å². The predicted molar refractivity (Wildman–Crippen MR) is 145 cm³/mol. The lowest BCUT2D eigenvalue weighted by molar-refractivity contribution is 0.0383. The standard InChI is InChI=1S/C29H27ClN4O3/c1-18(24-16-21(30)9-11-31-24)33-22-7-8-26-20(15-22)14-19-4-2-5-23(28(19)37-26)27-17-34(12-13-36-27)25-6-3-10-32-29(25)35/h2-11,15-16,18,27,33H,12-14,17H2,1H3,(H,32,35). The van der Waals surface area contributed by atoms with E-state index in [0.717, 1.165) is 46.0 Å². The van der Waals surface area contributed by atoms with Gasteiger partial charge in [-0.15, -0.1) is 0 Å². The fourth-order valence-electron chi connectivity index (χ4n) is 5.04. The van der Waals surface area contributed by atoms with E-state index in [1.165, 1.54) is 0 Å². The van der Waals surface area contributed by atoms with Crippen molar-refractivity contribution >= 4 is 23.0 Å². The van der Waals surface area contributed by atoms with Gasteiger partial charge in [-0.25, -0.2) is 0 Å². The van der Waals surface area contributed by atoms with E-state index in [1.54, 1.807) is 18.5 Å². The van der Waals surface area contributed by atoms with Crippen molar-refractivity contribution in [3.05, 3.63) is 111 Å². The SMILES string of the molecule is CC(Nc1ccc2c(c1)Cc1cccc(C3CN(c4ccc[nH]c4=O)CCO3)c1O2)c1cc(Cl)ccn1. The molecule has 2 N–H and O–H groups in total. The highest BCUT2D eigenvalue weighted by Gasteiger charge is 2.29. The number of nitrogens with zero attached hydrogens (tertiary/aromatic N) is 2. The van der Waals surface area contributed by atoms with Crippen LogP contribution in [0.5, 0.6) is 11.5 Å². The first kappa shape index (κ1) is 23.6. The van der Waals surface area contributed by atoms with Crippen LogP contribution < -0.4 is 20.5 Å². The zero-order chi connectivity index (χ0) is 25.4. The number of H-pyrrole nitrogens is 1. The Morgan fingerprint density at radius 1 is 1.14 bits per heavy atom. The Labute approximate surface area is 220 Å². The van der Waals surface area contributed by atoms with Crippen LogP contribution in [-0.4, -0.2) is 29.7 Å². The number of rotatable bonds is 5. The number of morpholine rings is 1. The highest BCUT2D eigenvalue weighted by atomic mass is 35.5. The van der Waals surface area contributed by atoms with Crippen molar-refractivity contribution in [3.63, 3.8) is 0 Å². The van der Waals surface area contributed by atoms with Crippen LogP contribution in [0.3, 0.4) is 0 Å². The minimum Gasteiger partial charge on any atom is -0.456 e. The van der Waals surface area contributed by atoms with E-state index >= 15 is 0 Å². The lowest BCUT2D eigenvalue weighted by Gasteiger charge is -2.35. The summed E-state index contributed by atoms with van der Waals surface area (Å²) in [6.07, 6.45) is 3.93. The molecule has 188 valence electrons. The Morgan fingerprint density at radius 2 is 2.05 bits per heavy atom. The monoisotopic (exact) mass is 514 g/mol. The quantitative estimate of drug-likeness (QED) is 0.305. The molecule has 2 aromatic carbocycles. The molecule has 0 saturated carbocycles. The highest BCUT2D eigenvalue weighted by molar-refractivity contribution is 6.30. The summed E-state index contributed by atoms with van der Waals surface area (Å²) in [5.41, 5.74) is 5.68. The third-order valence-electron chi connectivity index (χ3n) is 6.90. The molecule has 0 amide bonds. The number of halogens is 1. The molecule has 0 spiro atoms. The molecular weight excluding hydrogens is 488 g/mol. The average Bonchev–Trinajstić information content (AvgIpc) is 2.92. The average molecular weight is 515 g/mol. The van der Waals surface area contributed by atoms with Crippen molar-refractivity contribution < 1.29 is 9.47 Å². The van der Waals surface area contributed by atoms with Crippen LogP contribution in [0.1, 0.15) is 41.5 Å². The predicted octanol–water partition coefficient (Wildman–Crippen LogP) is 5.87. The van der Waals surface area contributed by atoms with E-state index in [2.05, 4.69) is 51.4 Å². The molecule has 4 aromatic rings. The van der Waals surface area contributed by atoms with Gasteiger partial charge in [-0.3, -0.25) is 9.78 Å². The lowest BCUT2D eigenvalue weighted by atomic mass is 9.95. The number of anilines is 2. The molecule has 1 saturated heterocycles. The van der Waals surface area contributed by atoms with E-state index in [0.29, 0.717) is 30.4 Å². The van der Waals surface area contributed by atoms with Gasteiger partial charge in [-0.05, 0) is 55.0 Å². The summed E-state index contributed by atoms with van der Waals surface area (Å²) in [5, 5.41) is 4.19. The van der Waals surface area contributed by atoms with Crippen molar-refractivity contribution in [2.75, 3.05) is 29.9 Å². The van der Waals surface area contributed by atoms with Crippen molar-refractivity contribution in [3.8, 4) is 11.5 Å². The van der Waals surface area contributed by atoms with Gasteiger partial charge in [-0.1, -0.05) is 29.8 Å². The molecule has 2 aliphatic rings. The number of pyridine rings is 2. The van der Waals surface area contributed by atoms with E-state index in [4.69, 9.17) is 21.1 Å². The van der Waals surface area contributed by atoms with Crippen LogP contribution in [0.15, 0.2) is 77.9 Å². The molecule has 0 aliphatic carbocycles. The molecule has 8 heteroatoms. The summed E-state index contributed by atoms with van der Waals surface area (Å²) in [4.78, 5) is 21.6. The topological polar surface area (TPSA) is 79.5 Å². The number of ether oxygens (including phenoxy) is 2. The molecule has 2 aromatic heterocycles. The molecule has 4 heterocycles. The maximum atomic E-state index is 12.3. The molecule has 37 heavy (non-hydrogen) atoms. The minimum absolute atomic E-state index is 0.00314. The van der Waals surface area contributed by atoms with Crippen molar-refractivity contribution in [2.45, 2.75) is 25.5 Å². The van der Waals surface area contributed by atoms with Crippen molar-refractivity contribution in [1.82, 2.24) is 9.97 Å². The normalized spacial score (nSPS) is 17.4. The maximum absolute atomic E-state index is 12.3. The second-order valence-electron chi connectivity index (χ2n) is 9.39. The Kier molecular flexibility index (Phi) is 6.32. The van der Waals surface area contributed by atoms with Gasteiger partial charge in [0.05, 0.1) is 18.3 Å². The summed E-state index contributed by atoms with van der Waals surface area (Å²) in [7, 11) is 0. The third-order valence-corrected chi connectivity index (χ3v) is 7.14. The fraction of sp³-hybridized carbons (Fsp3) is 0.241. The number of fused-ring (bicyclic) bond motifs is 2. The summed E-state index contributed by atoms with van der Waals surface area (Å²) in [6.45, 7) is 3.85. The summed E-state index contributed by atoms with van der Waals surface area (Å²) in [6, 6.07) is 19.7. The molecule has 7 nitrogen and oxygen atoms in total. The Balaban J connectivity index is 1.22. The molecule has 2 unspecified atom stereocenters. The fourth-order valence-corrected chi connectivity index (χ4v) is 5.21. The van der Waals surface area contributed by atoms with E-state index in [9.17, 15) is 4.79 Å². The minimum atomic E-state index is -0.197. The van der Waals surface area contributed by atoms with Gasteiger partial charge < -0.3 is 24.7 Å². The zero-order valence-corrected chi connectivity index (χ0v) is 21.2. The van der Waals surface area contributed by atoms with E-state index in [1.807, 2.05) is 30.3 Å². The second kappa shape index (κ2) is 9.92. The summed E-state index contributed by atoms with van der Waals surface area (Å²) < 4.78 is 12.6. The third kappa shape index (κ3) is 4.80. The number of hydrogen-bond donors (Lipinski definition) is 2. The van der Waals surface area contributed by atoms with Crippen LogP contribution in [0.4, 0.5) is 11.4 Å². The number of para-hydroxylation sites is 1. The van der Waals surface area contributed by atoms with Crippen molar-refractivity contribution in [2.24, 2.45) is 0 Å². The van der Waals surface area contributed by atoms with Crippen LogP contribution in [0, 0.1) is 0 Å². The van der Waals surface area contributed by atoms with Crippen LogP contribution in [0.25, 0.3) is 0 Å². The molecule has 0 radical (unpaired) electrons. The molecule has 0 bridgehead atoms. The van der Waals surface area contributed by atoms with E-state index in [-0.39, 0.29) is 17.7 Å². The van der Waals surface area contributed by atoms with Gasteiger partial charge in [-0.2, -0.15) is 0 Å². The van der Waals surface area contributed by atoms with Gasteiger partial charge in [0.15, 0.2) is 0 Å². The second-order valence-corrected chi connectivity index (χ2v) is 9.83. The summed E-state index contributed by atoms with van der Waals surface area (Å²) >= 11 is 6.14. The van der Waals surface area contributed by atoms with Crippen LogP contribution in [0.2, 0.25) is 5.02 Å². The van der Waals surface area contributed by atoms with Gasteiger partial charge in [0.25, 0.3) is 5.56 Å². The largest absolute Gasteiger partial charge is 0.456 e. The number of nitrogens with one attached hydrogen (secondary N) is 2. The number of hydrogen-bond acceptors (Lipinski definition) is 6. The Bertz CT molecular complexity index is 1500. The first-order chi connectivity index (χ1) is 18.0. The molecular formula is C29H27ClN4O3. The number of aromatic amines is 1.